The summed E-state index contributed by atoms with van der Waals surface area (Å²) in [4.78, 5) is 0. The van der Waals surface area contributed by atoms with Gasteiger partial charge in [0.05, 0.1) is 0 Å². The molecular formula is C37H37F7. The Morgan fingerprint density at radius 3 is 1.77 bits per heavy atom. The Kier molecular flexibility index (Phi) is 10.3. The van der Waals surface area contributed by atoms with Gasteiger partial charge in [-0.1, -0.05) is 30.3 Å². The first-order valence-electron chi connectivity index (χ1n) is 15.5. The average molecular weight is 615 g/mol. The van der Waals surface area contributed by atoms with Crippen LogP contribution in [0.15, 0.2) is 66.5 Å². The maximum Gasteiger partial charge on any atom is 0.194 e. The molecule has 5 rings (SSSR count). The summed E-state index contributed by atoms with van der Waals surface area (Å²) in [5.74, 6) is -6.03. The first kappa shape index (κ1) is 32.1. The van der Waals surface area contributed by atoms with E-state index in [9.17, 15) is 26.3 Å². The summed E-state index contributed by atoms with van der Waals surface area (Å²) in [5.41, 5.74) is 2.48. The molecule has 0 unspecified atom stereocenters. The normalized spacial score (nSPS) is 23.2. The molecule has 0 aromatic heterocycles. The molecule has 3 aromatic carbocycles. The largest absolute Gasteiger partial charge is 0.207 e. The Morgan fingerprint density at radius 1 is 0.659 bits per heavy atom. The molecule has 2 fully saturated rings. The molecule has 0 aliphatic heterocycles. The predicted molar refractivity (Wildman–Crippen MR) is 160 cm³/mol. The third-order valence-corrected chi connectivity index (χ3v) is 9.61. The molecule has 0 N–H and O–H groups in total. The van der Waals surface area contributed by atoms with E-state index < -0.39 is 34.9 Å². The highest BCUT2D eigenvalue weighted by Gasteiger charge is 2.28. The summed E-state index contributed by atoms with van der Waals surface area (Å²) >= 11 is 0. The van der Waals surface area contributed by atoms with Crippen molar-refractivity contribution in [3.8, 4) is 0 Å². The van der Waals surface area contributed by atoms with Gasteiger partial charge < -0.3 is 0 Å². The third-order valence-electron chi connectivity index (χ3n) is 9.61. The standard InChI is InChI=1S/C37H37F7/c1-2-3-31(38)36(43)28-15-17-30(33(40)21-28)26-12-10-24(11-13-26)27-14-16-29(32(39)20-27)25-8-6-22(7-9-25)4-5-23-18-34(41)37(44)35(42)19-23/h2-3,14-22,24-26H,4-13H2,1H3. The molecule has 44 heavy (non-hydrogen) atoms. The topological polar surface area (TPSA) is 0 Å². The quantitative estimate of drug-likeness (QED) is 0.135. The van der Waals surface area contributed by atoms with E-state index in [1.807, 2.05) is 12.1 Å². The molecule has 2 aliphatic rings. The van der Waals surface area contributed by atoms with Crippen molar-refractivity contribution >= 4 is 5.83 Å². The highest BCUT2D eigenvalue weighted by Crippen LogP contribution is 2.43. The maximum atomic E-state index is 15.4. The van der Waals surface area contributed by atoms with Crippen molar-refractivity contribution in [1.82, 2.24) is 0 Å². The number of allylic oxidation sites excluding steroid dienone is 3. The Balaban J connectivity index is 1.13. The fraction of sp³-hybridized carbons (Fsp3) is 0.405. The zero-order valence-electron chi connectivity index (χ0n) is 24.8. The zero-order valence-corrected chi connectivity index (χ0v) is 24.8. The van der Waals surface area contributed by atoms with Crippen molar-refractivity contribution in [2.24, 2.45) is 5.92 Å². The lowest BCUT2D eigenvalue weighted by Gasteiger charge is -2.31. The van der Waals surface area contributed by atoms with E-state index in [4.69, 9.17) is 0 Å². The van der Waals surface area contributed by atoms with Gasteiger partial charge in [-0.3, -0.25) is 0 Å². The molecule has 2 saturated carbocycles. The lowest BCUT2D eigenvalue weighted by atomic mass is 9.74. The summed E-state index contributed by atoms with van der Waals surface area (Å²) in [6.07, 6.45) is 10.1. The Hall–Kier alpha value is -3.35. The van der Waals surface area contributed by atoms with Gasteiger partial charge in [0.25, 0.3) is 0 Å². The second-order valence-electron chi connectivity index (χ2n) is 12.4. The van der Waals surface area contributed by atoms with Crippen molar-refractivity contribution in [2.75, 3.05) is 0 Å². The first-order valence-corrected chi connectivity index (χ1v) is 15.5. The SMILES string of the molecule is CC=CC(F)=C(F)c1ccc(C2CCC(c3ccc(C4CCC(CCc5cc(F)c(F)c(F)c5)CC4)c(F)c3)CC2)c(F)c1. The van der Waals surface area contributed by atoms with Gasteiger partial charge in [0.2, 0.25) is 0 Å². The number of aryl methyl sites for hydroxylation is 1. The fourth-order valence-electron chi connectivity index (χ4n) is 7.10. The number of benzene rings is 3. The minimum atomic E-state index is -1.45. The maximum absolute atomic E-state index is 15.4. The molecule has 7 heteroatoms. The van der Waals surface area contributed by atoms with E-state index in [0.717, 1.165) is 93.2 Å². The Labute approximate surface area is 254 Å². The van der Waals surface area contributed by atoms with Crippen LogP contribution in [-0.4, -0.2) is 0 Å². The summed E-state index contributed by atoms with van der Waals surface area (Å²) in [7, 11) is 0. The fourth-order valence-corrected chi connectivity index (χ4v) is 7.10. The highest BCUT2D eigenvalue weighted by atomic mass is 19.2. The van der Waals surface area contributed by atoms with Crippen LogP contribution in [0.5, 0.6) is 0 Å². The summed E-state index contributed by atoms with van der Waals surface area (Å²) in [5, 5.41) is 0. The van der Waals surface area contributed by atoms with Crippen molar-refractivity contribution < 1.29 is 30.7 Å². The van der Waals surface area contributed by atoms with E-state index in [1.54, 1.807) is 19.1 Å². The van der Waals surface area contributed by atoms with E-state index in [1.165, 1.54) is 12.1 Å². The van der Waals surface area contributed by atoms with Crippen molar-refractivity contribution in [3.63, 3.8) is 0 Å². The zero-order chi connectivity index (χ0) is 31.4. The predicted octanol–water partition coefficient (Wildman–Crippen LogP) is 11.9. The third kappa shape index (κ3) is 7.30. The van der Waals surface area contributed by atoms with Gasteiger partial charge in [-0.25, -0.2) is 30.7 Å². The molecule has 234 valence electrons. The van der Waals surface area contributed by atoms with Gasteiger partial charge in [0, 0.05) is 5.56 Å². The van der Waals surface area contributed by atoms with Gasteiger partial charge in [-0.2, -0.15) is 0 Å². The lowest BCUT2D eigenvalue weighted by Crippen LogP contribution is -2.16. The molecule has 0 radical (unpaired) electrons. The summed E-state index contributed by atoms with van der Waals surface area (Å²) in [6, 6.07) is 11.7. The van der Waals surface area contributed by atoms with Crippen LogP contribution in [0.25, 0.3) is 5.83 Å². The van der Waals surface area contributed by atoms with Crippen LogP contribution in [0.4, 0.5) is 30.7 Å². The van der Waals surface area contributed by atoms with Crippen LogP contribution in [0.1, 0.15) is 110 Å². The lowest BCUT2D eigenvalue weighted by molar-refractivity contribution is 0.306. The molecule has 2 aliphatic carbocycles. The summed E-state index contributed by atoms with van der Waals surface area (Å²) < 4.78 is 98.6. The van der Waals surface area contributed by atoms with E-state index in [0.29, 0.717) is 23.5 Å². The second kappa shape index (κ2) is 14.2. The van der Waals surface area contributed by atoms with Crippen LogP contribution in [0, 0.1) is 35.0 Å². The number of rotatable bonds is 8. The average Bonchev–Trinajstić information content (AvgIpc) is 3.02. The number of halogens is 7. The van der Waals surface area contributed by atoms with Crippen LogP contribution in [0.3, 0.4) is 0 Å². The van der Waals surface area contributed by atoms with Crippen LogP contribution < -0.4 is 0 Å². The molecular weight excluding hydrogens is 577 g/mol. The van der Waals surface area contributed by atoms with Gasteiger partial charge in [-0.05, 0) is 147 Å². The van der Waals surface area contributed by atoms with Crippen molar-refractivity contribution in [1.29, 1.82) is 0 Å². The first-order chi connectivity index (χ1) is 21.1. The smallest absolute Gasteiger partial charge is 0.194 e. The molecule has 0 bridgehead atoms. The van der Waals surface area contributed by atoms with Crippen LogP contribution in [0.2, 0.25) is 0 Å². The van der Waals surface area contributed by atoms with Crippen molar-refractivity contribution in [3.05, 3.63) is 123 Å². The van der Waals surface area contributed by atoms with E-state index >= 15 is 4.39 Å². The van der Waals surface area contributed by atoms with Crippen LogP contribution in [-0.2, 0) is 6.42 Å². The summed E-state index contributed by atoms with van der Waals surface area (Å²) in [6.45, 7) is 1.57. The minimum absolute atomic E-state index is 0.0341. The van der Waals surface area contributed by atoms with Gasteiger partial charge in [0.15, 0.2) is 29.1 Å². The van der Waals surface area contributed by atoms with Crippen molar-refractivity contribution in [2.45, 2.75) is 88.9 Å². The molecule has 3 aromatic rings. The van der Waals surface area contributed by atoms with Gasteiger partial charge in [0.1, 0.15) is 11.6 Å². The van der Waals surface area contributed by atoms with Gasteiger partial charge >= 0.3 is 0 Å². The van der Waals surface area contributed by atoms with Crippen LogP contribution >= 0.6 is 0 Å². The molecule has 0 saturated heterocycles. The minimum Gasteiger partial charge on any atom is -0.207 e. The second-order valence-corrected chi connectivity index (χ2v) is 12.4. The Bertz CT molecular complexity index is 1500. The number of hydrogen-bond donors (Lipinski definition) is 0. The molecule has 0 nitrogen and oxygen atoms in total. The number of hydrogen-bond acceptors (Lipinski definition) is 0. The molecule has 0 atom stereocenters. The Morgan fingerprint density at radius 2 is 1.20 bits per heavy atom. The molecule has 0 spiro atoms. The van der Waals surface area contributed by atoms with Gasteiger partial charge in [-0.15, -0.1) is 0 Å². The molecule has 0 amide bonds. The van der Waals surface area contributed by atoms with E-state index in [2.05, 4.69) is 0 Å². The molecule has 0 heterocycles. The monoisotopic (exact) mass is 614 g/mol. The van der Waals surface area contributed by atoms with E-state index in [-0.39, 0.29) is 29.1 Å². The highest BCUT2D eigenvalue weighted by molar-refractivity contribution is 5.63.